The first-order valence-corrected chi connectivity index (χ1v) is 11.3. The molecule has 178 valence electrons. The first-order valence-electron chi connectivity index (χ1n) is 9.71. The van der Waals surface area contributed by atoms with Crippen LogP contribution in [0.2, 0.25) is 0 Å². The van der Waals surface area contributed by atoms with E-state index in [4.69, 9.17) is 5.73 Å². The predicted octanol–water partition coefficient (Wildman–Crippen LogP) is 1.80. The molecular formula is C19H28Cl2N6O4S. The summed E-state index contributed by atoms with van der Waals surface area (Å²) in [4.78, 5) is 31.3. The highest BCUT2D eigenvalue weighted by molar-refractivity contribution is 7.92. The van der Waals surface area contributed by atoms with E-state index in [0.29, 0.717) is 6.54 Å². The maximum Gasteiger partial charge on any atom is 0.267 e. The molecule has 0 spiro atoms. The fourth-order valence-corrected chi connectivity index (χ4v) is 4.43. The van der Waals surface area contributed by atoms with E-state index in [1.807, 2.05) is 0 Å². The van der Waals surface area contributed by atoms with Crippen LogP contribution in [0, 0.1) is 0 Å². The Bertz CT molecular complexity index is 1100. The number of carbonyl (C=O) groups excluding carboxylic acids is 1. The van der Waals surface area contributed by atoms with Crippen molar-refractivity contribution in [3.05, 3.63) is 40.2 Å². The number of hydrogen-bond acceptors (Lipinski definition) is 8. The SMILES string of the molecule is CC(C)S(=O)(=O)c1ccccc1Nc1nc(NC2CCCNC2)[nH]c(=O)c1C(N)=O.Cl.Cl. The van der Waals surface area contributed by atoms with Crippen LogP contribution in [-0.2, 0) is 9.84 Å². The number of anilines is 3. The smallest absolute Gasteiger partial charge is 0.267 e. The highest BCUT2D eigenvalue weighted by Gasteiger charge is 2.25. The van der Waals surface area contributed by atoms with Gasteiger partial charge in [0.1, 0.15) is 5.56 Å². The van der Waals surface area contributed by atoms with E-state index >= 15 is 0 Å². The minimum absolute atomic E-state index is 0. The van der Waals surface area contributed by atoms with Crippen LogP contribution < -0.4 is 27.2 Å². The van der Waals surface area contributed by atoms with Gasteiger partial charge in [-0.1, -0.05) is 12.1 Å². The van der Waals surface area contributed by atoms with Crippen molar-refractivity contribution < 1.29 is 13.2 Å². The summed E-state index contributed by atoms with van der Waals surface area (Å²) in [7, 11) is -3.62. The Hall–Kier alpha value is -2.34. The number of carbonyl (C=O) groups is 1. The van der Waals surface area contributed by atoms with Crippen molar-refractivity contribution in [1.82, 2.24) is 15.3 Å². The van der Waals surface area contributed by atoms with Gasteiger partial charge in [-0.15, -0.1) is 24.8 Å². The molecule has 1 unspecified atom stereocenters. The number of sulfone groups is 1. The maximum absolute atomic E-state index is 12.7. The average molecular weight is 507 g/mol. The van der Waals surface area contributed by atoms with Gasteiger partial charge in [-0.25, -0.2) is 8.42 Å². The average Bonchev–Trinajstić information content (AvgIpc) is 2.68. The van der Waals surface area contributed by atoms with Crippen molar-refractivity contribution in [1.29, 1.82) is 0 Å². The summed E-state index contributed by atoms with van der Waals surface area (Å²) < 4.78 is 25.4. The zero-order chi connectivity index (χ0) is 21.9. The standard InChI is InChI=1S/C19H26N6O4S.2ClH/c1-11(2)30(28,29)14-8-4-3-7-13(14)23-17-15(16(20)26)18(27)25-19(24-17)22-12-6-5-9-21-10-12;;/h3-4,7-8,11-12,21H,5-6,9-10H2,1-2H3,(H2,20,26)(H3,22,23,24,25,27);2*1H. The van der Waals surface area contributed by atoms with Gasteiger partial charge < -0.3 is 21.7 Å². The molecule has 1 amide bonds. The number of benzene rings is 1. The lowest BCUT2D eigenvalue weighted by molar-refractivity contribution is 0.0999. The van der Waals surface area contributed by atoms with Crippen LogP contribution in [0.4, 0.5) is 17.5 Å². The molecule has 0 saturated carbocycles. The minimum Gasteiger partial charge on any atom is -0.365 e. The first-order chi connectivity index (χ1) is 14.2. The van der Waals surface area contributed by atoms with Crippen molar-refractivity contribution in [2.45, 2.75) is 42.9 Å². The minimum atomic E-state index is -3.62. The summed E-state index contributed by atoms with van der Waals surface area (Å²) in [5.74, 6) is -0.907. The molecule has 10 nitrogen and oxygen atoms in total. The number of aromatic amines is 1. The molecule has 3 rings (SSSR count). The third-order valence-corrected chi connectivity index (χ3v) is 7.08. The number of nitrogens with zero attached hydrogens (tertiary/aromatic N) is 1. The molecule has 1 aliphatic heterocycles. The molecule has 1 aromatic heterocycles. The van der Waals surface area contributed by atoms with E-state index in [0.717, 1.165) is 19.4 Å². The van der Waals surface area contributed by atoms with Gasteiger partial charge in [0.05, 0.1) is 15.8 Å². The Morgan fingerprint density at radius 3 is 2.53 bits per heavy atom. The third kappa shape index (κ3) is 6.12. The Kier molecular flexibility index (Phi) is 9.96. The highest BCUT2D eigenvalue weighted by Crippen LogP contribution is 2.28. The van der Waals surface area contributed by atoms with Crippen LogP contribution in [0.15, 0.2) is 34.0 Å². The number of piperidine rings is 1. The van der Waals surface area contributed by atoms with Crippen molar-refractivity contribution >= 4 is 58.0 Å². The zero-order valence-corrected chi connectivity index (χ0v) is 20.1. The van der Waals surface area contributed by atoms with Gasteiger partial charge in [-0.2, -0.15) is 4.98 Å². The quantitative estimate of drug-likeness (QED) is 0.379. The Labute approximate surface area is 198 Å². The number of hydrogen-bond donors (Lipinski definition) is 5. The van der Waals surface area contributed by atoms with Gasteiger partial charge in [-0.3, -0.25) is 14.6 Å². The molecule has 1 aromatic carbocycles. The number of nitrogens with two attached hydrogens (primary N) is 1. The Morgan fingerprint density at radius 2 is 1.94 bits per heavy atom. The van der Waals surface area contributed by atoms with E-state index in [9.17, 15) is 18.0 Å². The number of nitrogens with one attached hydrogen (secondary N) is 4. The van der Waals surface area contributed by atoms with Crippen LogP contribution >= 0.6 is 24.8 Å². The Morgan fingerprint density at radius 1 is 1.25 bits per heavy atom. The summed E-state index contributed by atoms with van der Waals surface area (Å²) in [5.41, 5.74) is 4.51. The van der Waals surface area contributed by atoms with E-state index in [2.05, 4.69) is 25.9 Å². The third-order valence-electron chi connectivity index (χ3n) is 4.87. The monoisotopic (exact) mass is 506 g/mol. The molecule has 13 heteroatoms. The van der Waals surface area contributed by atoms with Gasteiger partial charge >= 0.3 is 0 Å². The second kappa shape index (κ2) is 11.5. The fourth-order valence-electron chi connectivity index (χ4n) is 3.23. The van der Waals surface area contributed by atoms with Crippen LogP contribution in [0.5, 0.6) is 0 Å². The number of para-hydroxylation sites is 1. The van der Waals surface area contributed by atoms with Gasteiger partial charge in [-0.05, 0) is 45.4 Å². The number of H-pyrrole nitrogens is 1. The molecule has 2 aromatic rings. The van der Waals surface area contributed by atoms with E-state index in [-0.39, 0.29) is 58.8 Å². The zero-order valence-electron chi connectivity index (χ0n) is 17.7. The number of aromatic nitrogens is 2. The molecule has 6 N–H and O–H groups in total. The van der Waals surface area contributed by atoms with Crippen molar-refractivity contribution in [2.24, 2.45) is 5.73 Å². The second-order valence-corrected chi connectivity index (χ2v) is 9.88. The van der Waals surface area contributed by atoms with Crippen molar-refractivity contribution in [3.8, 4) is 0 Å². The molecule has 0 bridgehead atoms. The number of amides is 1. The van der Waals surface area contributed by atoms with Gasteiger partial charge in [0.2, 0.25) is 5.95 Å². The van der Waals surface area contributed by atoms with Crippen LogP contribution in [0.3, 0.4) is 0 Å². The normalized spacial score (nSPS) is 15.9. The maximum atomic E-state index is 12.7. The Balaban J connectivity index is 0.00000256. The topological polar surface area (TPSA) is 159 Å². The summed E-state index contributed by atoms with van der Waals surface area (Å²) in [6.07, 6.45) is 1.87. The van der Waals surface area contributed by atoms with Crippen LogP contribution in [0.1, 0.15) is 37.0 Å². The van der Waals surface area contributed by atoms with Crippen molar-refractivity contribution in [3.63, 3.8) is 0 Å². The summed E-state index contributed by atoms with van der Waals surface area (Å²) in [6.45, 7) is 4.79. The molecule has 2 heterocycles. The molecule has 1 fully saturated rings. The van der Waals surface area contributed by atoms with Crippen LogP contribution in [0.25, 0.3) is 0 Å². The van der Waals surface area contributed by atoms with Crippen LogP contribution in [-0.4, -0.2) is 48.7 Å². The first kappa shape index (κ1) is 27.7. The molecule has 0 radical (unpaired) electrons. The molecule has 32 heavy (non-hydrogen) atoms. The fraction of sp³-hybridized carbons (Fsp3) is 0.421. The summed E-state index contributed by atoms with van der Waals surface area (Å²) >= 11 is 0. The van der Waals surface area contributed by atoms with Gasteiger partial charge in [0.15, 0.2) is 15.7 Å². The second-order valence-electron chi connectivity index (χ2n) is 7.40. The molecule has 0 aliphatic carbocycles. The van der Waals surface area contributed by atoms with E-state index < -0.39 is 26.6 Å². The number of rotatable bonds is 7. The van der Waals surface area contributed by atoms with Gasteiger partial charge in [0.25, 0.3) is 11.5 Å². The lowest BCUT2D eigenvalue weighted by Crippen LogP contribution is -2.39. The van der Waals surface area contributed by atoms with E-state index in [1.165, 1.54) is 6.07 Å². The van der Waals surface area contributed by atoms with Gasteiger partial charge in [0, 0.05) is 12.6 Å². The number of halogens is 2. The van der Waals surface area contributed by atoms with Crippen molar-refractivity contribution in [2.75, 3.05) is 23.7 Å². The summed E-state index contributed by atoms with van der Waals surface area (Å²) in [6, 6.07) is 6.31. The molecule has 1 aliphatic rings. The molecule has 1 atom stereocenters. The lowest BCUT2D eigenvalue weighted by atomic mass is 10.1. The number of primary amides is 1. The molecule has 1 saturated heterocycles. The lowest BCUT2D eigenvalue weighted by Gasteiger charge is -2.24. The summed E-state index contributed by atoms with van der Waals surface area (Å²) in [5, 5.41) is 8.57. The predicted molar refractivity (Wildman–Crippen MR) is 129 cm³/mol. The molecular weight excluding hydrogens is 479 g/mol. The highest BCUT2D eigenvalue weighted by atomic mass is 35.5. The van der Waals surface area contributed by atoms with E-state index in [1.54, 1.807) is 32.0 Å². The largest absolute Gasteiger partial charge is 0.365 e.